The van der Waals surface area contributed by atoms with Crippen molar-refractivity contribution in [2.75, 3.05) is 31.1 Å². The Kier molecular flexibility index (Phi) is 3.76. The summed E-state index contributed by atoms with van der Waals surface area (Å²) in [5.74, 6) is 0. The number of nitrogens with zero attached hydrogens (tertiary/aromatic N) is 4. The van der Waals surface area contributed by atoms with E-state index in [-0.39, 0.29) is 5.56 Å². The quantitative estimate of drug-likeness (QED) is 0.606. The van der Waals surface area contributed by atoms with Gasteiger partial charge in [0, 0.05) is 50.5 Å². The van der Waals surface area contributed by atoms with Gasteiger partial charge in [-0.25, -0.2) is 4.98 Å². The number of para-hydroxylation sites is 1. The first kappa shape index (κ1) is 15.6. The van der Waals surface area contributed by atoms with Gasteiger partial charge in [0.15, 0.2) is 5.13 Å². The van der Waals surface area contributed by atoms with E-state index in [4.69, 9.17) is 0 Å². The van der Waals surface area contributed by atoms with Crippen LogP contribution in [-0.4, -0.2) is 45.4 Å². The van der Waals surface area contributed by atoms with Gasteiger partial charge in [-0.2, -0.15) is 0 Å². The van der Waals surface area contributed by atoms with Crippen LogP contribution < -0.4 is 10.5 Å². The molecule has 0 aliphatic carbocycles. The predicted octanol–water partition coefficient (Wildman–Crippen LogP) is 2.56. The van der Waals surface area contributed by atoms with Gasteiger partial charge in [0.2, 0.25) is 0 Å². The molecule has 1 aliphatic heterocycles. The van der Waals surface area contributed by atoms with Gasteiger partial charge in [0.05, 0.1) is 10.9 Å². The van der Waals surface area contributed by atoms with Gasteiger partial charge in [-0.3, -0.25) is 9.69 Å². The Bertz CT molecular complexity index is 1110. The molecule has 0 unspecified atom stereocenters. The SMILES string of the molecule is O=c1[nH]c2cc(CN3CCN(c4nccs4)CC3)cn2c2ccccc12. The van der Waals surface area contributed by atoms with Crippen molar-refractivity contribution in [3.8, 4) is 0 Å². The van der Waals surface area contributed by atoms with Crippen LogP contribution in [0.2, 0.25) is 0 Å². The third kappa shape index (κ3) is 2.69. The highest BCUT2D eigenvalue weighted by Gasteiger charge is 2.19. The zero-order valence-electron chi connectivity index (χ0n) is 14.3. The number of fused-ring (bicyclic) bond motifs is 3. The molecule has 4 aromatic rings. The summed E-state index contributed by atoms with van der Waals surface area (Å²) in [5, 5.41) is 3.86. The second-order valence-corrected chi connectivity index (χ2v) is 7.53. The van der Waals surface area contributed by atoms with E-state index in [0.717, 1.165) is 54.4 Å². The van der Waals surface area contributed by atoms with Crippen molar-refractivity contribution in [3.05, 3.63) is 64.0 Å². The molecule has 0 amide bonds. The van der Waals surface area contributed by atoms with Crippen LogP contribution in [-0.2, 0) is 6.54 Å². The highest BCUT2D eigenvalue weighted by Crippen LogP contribution is 2.20. The van der Waals surface area contributed by atoms with Crippen molar-refractivity contribution >= 4 is 33.0 Å². The number of piperazine rings is 1. The molecule has 1 saturated heterocycles. The fourth-order valence-electron chi connectivity index (χ4n) is 3.69. The molecule has 0 bridgehead atoms. The van der Waals surface area contributed by atoms with Gasteiger partial charge in [-0.15, -0.1) is 11.3 Å². The molecule has 0 spiro atoms. The fourth-order valence-corrected chi connectivity index (χ4v) is 4.38. The minimum atomic E-state index is -0.0326. The second kappa shape index (κ2) is 6.26. The van der Waals surface area contributed by atoms with Gasteiger partial charge in [0.1, 0.15) is 5.65 Å². The van der Waals surface area contributed by atoms with Crippen LogP contribution in [0.15, 0.2) is 52.9 Å². The van der Waals surface area contributed by atoms with Crippen LogP contribution in [0, 0.1) is 0 Å². The summed E-state index contributed by atoms with van der Waals surface area (Å²) < 4.78 is 2.08. The van der Waals surface area contributed by atoms with Crippen molar-refractivity contribution in [1.82, 2.24) is 19.3 Å². The third-order valence-corrected chi connectivity index (χ3v) is 5.83. The number of nitrogens with one attached hydrogen (secondary N) is 1. The van der Waals surface area contributed by atoms with E-state index in [1.54, 1.807) is 11.3 Å². The average Bonchev–Trinajstić information content (AvgIpc) is 3.33. The number of hydrogen-bond donors (Lipinski definition) is 1. The smallest absolute Gasteiger partial charge is 0.258 e. The Balaban J connectivity index is 1.37. The molecule has 1 aliphatic rings. The van der Waals surface area contributed by atoms with Gasteiger partial charge in [0.25, 0.3) is 5.56 Å². The van der Waals surface area contributed by atoms with Gasteiger partial charge < -0.3 is 14.3 Å². The summed E-state index contributed by atoms with van der Waals surface area (Å²) in [6.07, 6.45) is 4.00. The minimum Gasteiger partial charge on any atom is -0.346 e. The Morgan fingerprint density at radius 2 is 2.00 bits per heavy atom. The third-order valence-electron chi connectivity index (χ3n) is 4.99. The number of aromatic amines is 1. The first-order chi connectivity index (χ1) is 12.8. The second-order valence-electron chi connectivity index (χ2n) is 6.65. The average molecular weight is 365 g/mol. The highest BCUT2D eigenvalue weighted by molar-refractivity contribution is 7.13. The topological polar surface area (TPSA) is 56.6 Å². The van der Waals surface area contributed by atoms with Crippen molar-refractivity contribution < 1.29 is 0 Å². The van der Waals surface area contributed by atoms with E-state index >= 15 is 0 Å². The maximum absolute atomic E-state index is 12.3. The molecular weight excluding hydrogens is 346 g/mol. The highest BCUT2D eigenvalue weighted by atomic mass is 32.1. The number of H-pyrrole nitrogens is 1. The van der Waals surface area contributed by atoms with Crippen LogP contribution in [0.1, 0.15) is 5.56 Å². The minimum absolute atomic E-state index is 0.0326. The van der Waals surface area contributed by atoms with E-state index in [2.05, 4.69) is 36.4 Å². The molecule has 132 valence electrons. The number of benzene rings is 1. The molecule has 3 aromatic heterocycles. The van der Waals surface area contributed by atoms with E-state index in [1.165, 1.54) is 5.56 Å². The van der Waals surface area contributed by atoms with Crippen LogP contribution in [0.4, 0.5) is 5.13 Å². The molecule has 5 rings (SSSR count). The molecule has 1 aromatic carbocycles. The molecule has 1 fully saturated rings. The summed E-state index contributed by atoms with van der Waals surface area (Å²) in [4.78, 5) is 24.5. The Morgan fingerprint density at radius 1 is 1.15 bits per heavy atom. The normalized spacial score (nSPS) is 15.9. The Hall–Kier alpha value is -2.64. The van der Waals surface area contributed by atoms with E-state index in [0.29, 0.717) is 0 Å². The van der Waals surface area contributed by atoms with Gasteiger partial charge in [-0.1, -0.05) is 12.1 Å². The number of rotatable bonds is 3. The van der Waals surface area contributed by atoms with Gasteiger partial charge in [-0.05, 0) is 23.8 Å². The maximum Gasteiger partial charge on any atom is 0.258 e. The Morgan fingerprint density at radius 3 is 2.81 bits per heavy atom. The monoisotopic (exact) mass is 365 g/mol. The molecule has 0 atom stereocenters. The van der Waals surface area contributed by atoms with Crippen LogP contribution in [0.5, 0.6) is 0 Å². The van der Waals surface area contributed by atoms with Crippen molar-refractivity contribution in [2.45, 2.75) is 6.54 Å². The van der Waals surface area contributed by atoms with Crippen molar-refractivity contribution in [3.63, 3.8) is 0 Å². The van der Waals surface area contributed by atoms with E-state index in [9.17, 15) is 4.79 Å². The molecule has 0 radical (unpaired) electrons. The molecule has 0 saturated carbocycles. The van der Waals surface area contributed by atoms with Crippen LogP contribution in [0.3, 0.4) is 0 Å². The van der Waals surface area contributed by atoms with Crippen LogP contribution in [0.25, 0.3) is 16.6 Å². The van der Waals surface area contributed by atoms with Crippen LogP contribution >= 0.6 is 11.3 Å². The molecule has 1 N–H and O–H groups in total. The predicted molar refractivity (Wildman–Crippen MR) is 105 cm³/mol. The van der Waals surface area contributed by atoms with E-state index in [1.807, 2.05) is 35.8 Å². The zero-order valence-corrected chi connectivity index (χ0v) is 15.1. The maximum atomic E-state index is 12.3. The molecule has 4 heterocycles. The lowest BCUT2D eigenvalue weighted by atomic mass is 10.2. The summed E-state index contributed by atoms with van der Waals surface area (Å²) in [6, 6.07) is 9.81. The summed E-state index contributed by atoms with van der Waals surface area (Å²) in [5.41, 5.74) is 2.99. The van der Waals surface area contributed by atoms with E-state index < -0.39 is 0 Å². The fraction of sp³-hybridized carbons (Fsp3) is 0.263. The number of hydrogen-bond acceptors (Lipinski definition) is 5. The molecular formula is C19H19N5OS. The largest absolute Gasteiger partial charge is 0.346 e. The lowest BCUT2D eigenvalue weighted by Gasteiger charge is -2.34. The zero-order chi connectivity index (χ0) is 17.5. The summed E-state index contributed by atoms with van der Waals surface area (Å²) >= 11 is 1.70. The van der Waals surface area contributed by atoms with Gasteiger partial charge >= 0.3 is 0 Å². The molecule has 7 heteroatoms. The molecule has 6 nitrogen and oxygen atoms in total. The lowest BCUT2D eigenvalue weighted by Crippen LogP contribution is -2.45. The van der Waals surface area contributed by atoms with Crippen molar-refractivity contribution in [2.24, 2.45) is 0 Å². The number of thiazole rings is 1. The summed E-state index contributed by atoms with van der Waals surface area (Å²) in [7, 11) is 0. The summed E-state index contributed by atoms with van der Waals surface area (Å²) in [6.45, 7) is 4.93. The number of aromatic nitrogens is 3. The Labute approximate surface area is 154 Å². The number of anilines is 1. The molecule has 26 heavy (non-hydrogen) atoms. The standard InChI is InChI=1S/C19H19N5OS/c25-18-15-3-1-2-4-16(15)24-13-14(11-17(24)21-18)12-22-6-8-23(9-7-22)19-20-5-10-26-19/h1-5,10-11,13H,6-9,12H2,(H,21,25). The lowest BCUT2D eigenvalue weighted by molar-refractivity contribution is 0.250. The first-order valence-corrected chi connectivity index (χ1v) is 9.65. The van der Waals surface area contributed by atoms with Crippen molar-refractivity contribution in [1.29, 1.82) is 0 Å². The first-order valence-electron chi connectivity index (χ1n) is 8.77.